The number of nitrogens with zero attached hydrogens (tertiary/aromatic N) is 1. The molecule has 2 heterocycles. The minimum Gasteiger partial charge on any atom is -0.449 e. The highest BCUT2D eigenvalue weighted by Gasteiger charge is 2.21. The molecule has 0 bridgehead atoms. The van der Waals surface area contributed by atoms with Gasteiger partial charge in [-0.25, -0.2) is 4.79 Å². The number of aryl methyl sites for hydroxylation is 2. The van der Waals surface area contributed by atoms with E-state index in [0.717, 1.165) is 41.7 Å². The van der Waals surface area contributed by atoms with E-state index in [1.807, 2.05) is 38.1 Å². The summed E-state index contributed by atoms with van der Waals surface area (Å²) >= 11 is 1.54. The van der Waals surface area contributed by atoms with Gasteiger partial charge in [0.1, 0.15) is 0 Å². The Labute approximate surface area is 163 Å². The lowest BCUT2D eigenvalue weighted by Crippen LogP contribution is -2.36. The van der Waals surface area contributed by atoms with E-state index in [2.05, 4.69) is 10.2 Å². The maximum absolute atomic E-state index is 12.3. The van der Waals surface area contributed by atoms with Gasteiger partial charge >= 0.3 is 5.97 Å². The first-order chi connectivity index (χ1) is 12.9. The summed E-state index contributed by atoms with van der Waals surface area (Å²) in [5.74, 6) is -0.825. The fourth-order valence-corrected chi connectivity index (χ4v) is 3.84. The number of rotatable bonds is 5. The van der Waals surface area contributed by atoms with Crippen LogP contribution in [0.15, 0.2) is 30.3 Å². The van der Waals surface area contributed by atoms with E-state index in [1.54, 1.807) is 13.0 Å². The SMILES string of the molecule is Cc1cc(C(=O)O[C@H](C)C(=O)Nc2ccc(N3CCOCC3)cc2)c(C)s1. The van der Waals surface area contributed by atoms with E-state index < -0.39 is 12.1 Å². The molecule has 0 unspecified atom stereocenters. The second-order valence-electron chi connectivity index (χ2n) is 6.51. The third-order valence-electron chi connectivity index (χ3n) is 4.43. The van der Waals surface area contributed by atoms with Crippen molar-refractivity contribution < 1.29 is 19.1 Å². The highest BCUT2D eigenvalue weighted by atomic mass is 32.1. The number of anilines is 2. The lowest BCUT2D eigenvalue weighted by atomic mass is 10.2. The first-order valence-electron chi connectivity index (χ1n) is 8.95. The number of esters is 1. The zero-order valence-corrected chi connectivity index (χ0v) is 16.6. The van der Waals surface area contributed by atoms with Crippen molar-refractivity contribution in [2.24, 2.45) is 0 Å². The van der Waals surface area contributed by atoms with Gasteiger partial charge in [-0.05, 0) is 51.1 Å². The summed E-state index contributed by atoms with van der Waals surface area (Å²) in [6.07, 6.45) is -0.879. The molecule has 1 aromatic heterocycles. The van der Waals surface area contributed by atoms with Crippen molar-refractivity contribution in [3.63, 3.8) is 0 Å². The van der Waals surface area contributed by atoms with Crippen molar-refractivity contribution in [3.8, 4) is 0 Å². The van der Waals surface area contributed by atoms with Gasteiger partial charge in [0.15, 0.2) is 6.10 Å². The average Bonchev–Trinajstić information content (AvgIpc) is 3.01. The van der Waals surface area contributed by atoms with E-state index in [4.69, 9.17) is 9.47 Å². The highest BCUT2D eigenvalue weighted by Crippen LogP contribution is 2.22. The normalized spacial score (nSPS) is 15.3. The quantitative estimate of drug-likeness (QED) is 0.796. The van der Waals surface area contributed by atoms with Crippen molar-refractivity contribution in [2.75, 3.05) is 36.5 Å². The third kappa shape index (κ3) is 4.87. The van der Waals surface area contributed by atoms with Crippen molar-refractivity contribution in [1.82, 2.24) is 0 Å². The van der Waals surface area contributed by atoms with Crippen LogP contribution in [0.1, 0.15) is 27.0 Å². The van der Waals surface area contributed by atoms with Gasteiger partial charge < -0.3 is 19.7 Å². The van der Waals surface area contributed by atoms with Crippen LogP contribution in [0.25, 0.3) is 0 Å². The number of ether oxygens (including phenoxy) is 2. The van der Waals surface area contributed by atoms with Gasteiger partial charge in [-0.2, -0.15) is 0 Å². The predicted octanol–water partition coefficient (Wildman–Crippen LogP) is 3.39. The van der Waals surface area contributed by atoms with Crippen LogP contribution < -0.4 is 10.2 Å². The Kier molecular flexibility index (Phi) is 6.13. The molecule has 2 aromatic rings. The van der Waals surface area contributed by atoms with Crippen molar-refractivity contribution in [3.05, 3.63) is 45.6 Å². The largest absolute Gasteiger partial charge is 0.449 e. The van der Waals surface area contributed by atoms with Crippen LogP contribution in [0, 0.1) is 13.8 Å². The molecule has 1 N–H and O–H groups in total. The molecule has 1 amide bonds. The second kappa shape index (κ2) is 8.54. The van der Waals surface area contributed by atoms with Crippen LogP contribution in [0.3, 0.4) is 0 Å². The molecular weight excluding hydrogens is 364 g/mol. The molecular formula is C20H24N2O4S. The van der Waals surface area contributed by atoms with E-state index in [0.29, 0.717) is 11.3 Å². The topological polar surface area (TPSA) is 67.9 Å². The fraction of sp³-hybridized carbons (Fsp3) is 0.400. The summed E-state index contributed by atoms with van der Waals surface area (Å²) in [5.41, 5.74) is 2.29. The van der Waals surface area contributed by atoms with Gasteiger partial charge in [-0.3, -0.25) is 4.79 Å². The first-order valence-corrected chi connectivity index (χ1v) is 9.77. The fourth-order valence-electron chi connectivity index (χ4n) is 2.93. The molecule has 1 saturated heterocycles. The Morgan fingerprint density at radius 1 is 1.19 bits per heavy atom. The second-order valence-corrected chi connectivity index (χ2v) is 7.97. The molecule has 0 aliphatic carbocycles. The number of thiophene rings is 1. The third-order valence-corrected chi connectivity index (χ3v) is 5.39. The van der Waals surface area contributed by atoms with Gasteiger partial charge in [-0.15, -0.1) is 11.3 Å². The van der Waals surface area contributed by atoms with Gasteiger partial charge in [0.25, 0.3) is 5.91 Å². The lowest BCUT2D eigenvalue weighted by Gasteiger charge is -2.28. The van der Waals surface area contributed by atoms with E-state index in [9.17, 15) is 9.59 Å². The maximum Gasteiger partial charge on any atom is 0.340 e. The number of benzene rings is 1. The van der Waals surface area contributed by atoms with E-state index in [-0.39, 0.29) is 5.91 Å². The summed E-state index contributed by atoms with van der Waals surface area (Å²) in [6, 6.07) is 9.43. The van der Waals surface area contributed by atoms with Crippen molar-refractivity contribution in [2.45, 2.75) is 26.9 Å². The number of hydrogen-bond acceptors (Lipinski definition) is 6. The standard InChI is InChI=1S/C20H24N2O4S/c1-13-12-18(15(3)27-13)20(24)26-14(2)19(23)21-16-4-6-17(7-5-16)22-8-10-25-11-9-22/h4-7,12,14H,8-11H2,1-3H3,(H,21,23)/t14-/m1/s1. The average molecular weight is 388 g/mol. The molecule has 1 aromatic carbocycles. The lowest BCUT2D eigenvalue weighted by molar-refractivity contribution is -0.123. The van der Waals surface area contributed by atoms with Crippen LogP contribution >= 0.6 is 11.3 Å². The van der Waals surface area contributed by atoms with Gasteiger partial charge in [0.05, 0.1) is 18.8 Å². The minimum absolute atomic E-state index is 0.355. The molecule has 1 fully saturated rings. The maximum atomic E-state index is 12.3. The Hall–Kier alpha value is -2.38. The molecule has 7 heteroatoms. The number of amides is 1. The van der Waals surface area contributed by atoms with Gasteiger partial charge in [0, 0.05) is 34.2 Å². The number of hydrogen-bond donors (Lipinski definition) is 1. The molecule has 1 atom stereocenters. The molecule has 1 aliphatic heterocycles. The van der Waals surface area contributed by atoms with Crippen LogP contribution in [-0.2, 0) is 14.3 Å². The van der Waals surface area contributed by atoms with Crippen LogP contribution in [0.4, 0.5) is 11.4 Å². The van der Waals surface area contributed by atoms with Crippen LogP contribution in [0.2, 0.25) is 0 Å². The van der Waals surface area contributed by atoms with Crippen LogP contribution in [0.5, 0.6) is 0 Å². The number of morpholine rings is 1. The molecule has 144 valence electrons. The number of carbonyl (C=O) groups is 2. The summed E-state index contributed by atoms with van der Waals surface area (Å²) in [7, 11) is 0. The predicted molar refractivity (Wildman–Crippen MR) is 107 cm³/mol. The summed E-state index contributed by atoms with van der Waals surface area (Å²) in [5, 5.41) is 2.79. The number of nitrogens with one attached hydrogen (secondary N) is 1. The van der Waals surface area contributed by atoms with E-state index >= 15 is 0 Å². The number of carbonyl (C=O) groups excluding carboxylic acids is 2. The summed E-state index contributed by atoms with van der Waals surface area (Å²) < 4.78 is 10.7. The zero-order valence-electron chi connectivity index (χ0n) is 15.8. The van der Waals surface area contributed by atoms with Gasteiger partial charge in [0.2, 0.25) is 0 Å². The molecule has 3 rings (SSSR count). The Morgan fingerprint density at radius 3 is 2.44 bits per heavy atom. The molecule has 6 nitrogen and oxygen atoms in total. The Bertz CT molecular complexity index is 810. The molecule has 27 heavy (non-hydrogen) atoms. The molecule has 0 saturated carbocycles. The van der Waals surface area contributed by atoms with Gasteiger partial charge in [-0.1, -0.05) is 0 Å². The smallest absolute Gasteiger partial charge is 0.340 e. The summed E-state index contributed by atoms with van der Waals surface area (Å²) in [6.45, 7) is 8.55. The van der Waals surface area contributed by atoms with Crippen molar-refractivity contribution >= 4 is 34.6 Å². The Morgan fingerprint density at radius 2 is 1.85 bits per heavy atom. The summed E-state index contributed by atoms with van der Waals surface area (Å²) in [4.78, 5) is 28.8. The van der Waals surface area contributed by atoms with Crippen molar-refractivity contribution in [1.29, 1.82) is 0 Å². The van der Waals surface area contributed by atoms with E-state index in [1.165, 1.54) is 11.3 Å². The molecule has 0 spiro atoms. The first kappa shape index (κ1) is 19.4. The molecule has 0 radical (unpaired) electrons. The highest BCUT2D eigenvalue weighted by molar-refractivity contribution is 7.12. The minimum atomic E-state index is -0.879. The monoisotopic (exact) mass is 388 g/mol. The molecule has 1 aliphatic rings. The Balaban J connectivity index is 1.56. The zero-order chi connectivity index (χ0) is 19.4. The van der Waals surface area contributed by atoms with Crippen LogP contribution in [-0.4, -0.2) is 44.3 Å².